The summed E-state index contributed by atoms with van der Waals surface area (Å²) in [7, 11) is 0. The van der Waals surface area contributed by atoms with Gasteiger partial charge in [0.1, 0.15) is 6.17 Å². The maximum atomic E-state index is 17.6. The number of carbonyl (C=O) groups is 4. The number of aliphatic hydroxyl groups excluding tert-OH is 1. The monoisotopic (exact) mass is 718 g/mol. The number of halogens is 2. The number of ether oxygens (including phenoxy) is 2. The third-order valence-electron chi connectivity index (χ3n) is 11.3. The zero-order valence-electron chi connectivity index (χ0n) is 28.3. The molecule has 4 aliphatic rings. The summed E-state index contributed by atoms with van der Waals surface area (Å²) in [6, 6.07) is 0. The number of alkyl halides is 2. The number of rotatable bonds is 18. The van der Waals surface area contributed by atoms with Crippen molar-refractivity contribution in [2.75, 3.05) is 19.8 Å². The minimum atomic E-state index is -2.41. The Balaban J connectivity index is 1.53. The predicted molar refractivity (Wildman–Crippen MR) is 163 cm³/mol. The van der Waals surface area contributed by atoms with Gasteiger partial charge in [-0.2, -0.15) is 0 Å². The topological polar surface area (TPSA) is 213 Å². The van der Waals surface area contributed by atoms with Gasteiger partial charge in [0.25, 0.3) is 0 Å². The lowest BCUT2D eigenvalue weighted by Crippen LogP contribution is -2.70. The van der Waals surface area contributed by atoms with Crippen molar-refractivity contribution in [3.05, 3.63) is 23.8 Å². The normalized spacial score (nSPS) is 34.6. The van der Waals surface area contributed by atoms with Crippen molar-refractivity contribution < 1.29 is 73.0 Å². The molecule has 0 saturated heterocycles. The number of nitrogens with zero attached hydrogens (tertiary/aromatic N) is 2. The molecule has 3 fully saturated rings. The van der Waals surface area contributed by atoms with Gasteiger partial charge in [-0.15, -0.1) is 0 Å². The van der Waals surface area contributed by atoms with Crippen molar-refractivity contribution in [1.29, 1.82) is 0 Å². The van der Waals surface area contributed by atoms with Crippen LogP contribution in [0.15, 0.2) is 23.8 Å². The number of hydrogen-bond acceptors (Lipinski definition) is 15. The molecule has 4 rings (SSSR count). The molecule has 0 heterocycles. The maximum Gasteiger partial charge on any atom is 0.306 e. The van der Waals surface area contributed by atoms with E-state index in [1.807, 2.05) is 0 Å². The summed E-state index contributed by atoms with van der Waals surface area (Å²) in [6.45, 7) is 2.28. The molecule has 0 spiro atoms. The van der Waals surface area contributed by atoms with Crippen LogP contribution in [-0.4, -0.2) is 104 Å². The molecule has 3 saturated carbocycles. The largest absolute Gasteiger partial charge is 0.457 e. The Morgan fingerprint density at radius 2 is 1.52 bits per heavy atom. The molecule has 0 aromatic carbocycles. The highest BCUT2D eigenvalue weighted by molar-refractivity contribution is 6.01. The van der Waals surface area contributed by atoms with Gasteiger partial charge in [-0.25, -0.2) is 8.78 Å². The molecular weight excluding hydrogens is 670 g/mol. The SMILES string of the molecule is C[C@]12C=CC(=O)C=C1[C@@H](F)CC1C3CC[C@](OC(=O)CCCCCON(O)O)(C(=O)COC(=O)CCCCCON(O)O)[C@@]3(C)C[C@H](O)[C@@]12F. The van der Waals surface area contributed by atoms with Crippen LogP contribution in [-0.2, 0) is 38.3 Å². The van der Waals surface area contributed by atoms with Crippen molar-refractivity contribution in [2.45, 2.75) is 114 Å². The zero-order chi connectivity index (χ0) is 36.9. The molecule has 0 aliphatic heterocycles. The van der Waals surface area contributed by atoms with Gasteiger partial charge in [0, 0.05) is 29.6 Å². The number of aliphatic hydroxyl groups is 1. The van der Waals surface area contributed by atoms with Crippen LogP contribution >= 0.6 is 0 Å². The number of fused-ring (bicyclic) bond motifs is 5. The third-order valence-corrected chi connectivity index (χ3v) is 11.3. The van der Waals surface area contributed by atoms with E-state index in [9.17, 15) is 24.3 Å². The van der Waals surface area contributed by atoms with E-state index in [1.54, 1.807) is 6.92 Å². The summed E-state index contributed by atoms with van der Waals surface area (Å²) in [5.74, 6) is -4.54. The number of ketones is 2. The average molecular weight is 719 g/mol. The fraction of sp³-hybridized carbons (Fsp3) is 0.758. The highest BCUT2D eigenvalue weighted by Gasteiger charge is 2.76. The van der Waals surface area contributed by atoms with Gasteiger partial charge in [-0.3, -0.25) is 49.7 Å². The van der Waals surface area contributed by atoms with E-state index in [0.29, 0.717) is 38.5 Å². The van der Waals surface area contributed by atoms with E-state index in [4.69, 9.17) is 30.3 Å². The first-order chi connectivity index (χ1) is 23.5. The summed E-state index contributed by atoms with van der Waals surface area (Å²) in [5.41, 5.74) is -7.41. The van der Waals surface area contributed by atoms with Crippen LogP contribution in [0.5, 0.6) is 0 Å². The van der Waals surface area contributed by atoms with Crippen molar-refractivity contribution in [1.82, 2.24) is 10.8 Å². The van der Waals surface area contributed by atoms with Crippen molar-refractivity contribution >= 4 is 23.5 Å². The highest BCUT2D eigenvalue weighted by Crippen LogP contribution is 2.70. The molecule has 0 radical (unpaired) electrons. The van der Waals surface area contributed by atoms with Crippen molar-refractivity contribution in [3.63, 3.8) is 0 Å². The van der Waals surface area contributed by atoms with Gasteiger partial charge >= 0.3 is 11.9 Å². The summed E-state index contributed by atoms with van der Waals surface area (Å²) in [5, 5.41) is 45.3. The molecule has 0 aromatic heterocycles. The summed E-state index contributed by atoms with van der Waals surface area (Å²) in [6.07, 6.45) is 1.60. The second-order valence-electron chi connectivity index (χ2n) is 14.1. The summed E-state index contributed by atoms with van der Waals surface area (Å²) >= 11 is 0. The standard InChI is InChI=1S/C33H48F2N2O13/c1-30-13-11-21(38)17-24(30)25(34)18-23-22-12-14-32(31(22,2)19-26(39)33(23,30)35,50-29(42)10-6-4-8-16-49-37(45)46)27(40)20-47-28(41)9-5-3-7-15-48-36(43)44/h11,13,17,22-23,25-26,39,43-46H,3-10,12,14-16,18-20H2,1-2H3/t22?,23?,25-,26-,30-,31-,32-,33-/m0/s1. The first kappa shape index (κ1) is 40.0. The zero-order valence-corrected chi connectivity index (χ0v) is 28.3. The first-order valence-corrected chi connectivity index (χ1v) is 17.0. The Morgan fingerprint density at radius 1 is 0.920 bits per heavy atom. The van der Waals surface area contributed by atoms with E-state index < -0.39 is 87.1 Å². The highest BCUT2D eigenvalue weighted by atomic mass is 19.1. The Bertz CT molecular complexity index is 1330. The van der Waals surface area contributed by atoms with Gasteiger partial charge in [0.15, 0.2) is 23.7 Å². The molecule has 50 heavy (non-hydrogen) atoms. The molecule has 4 aliphatic carbocycles. The first-order valence-electron chi connectivity index (χ1n) is 17.0. The van der Waals surface area contributed by atoms with Gasteiger partial charge in [0.05, 0.1) is 30.1 Å². The molecule has 0 bridgehead atoms. The summed E-state index contributed by atoms with van der Waals surface area (Å²) in [4.78, 5) is 61.2. The van der Waals surface area contributed by atoms with E-state index in [2.05, 4.69) is 9.68 Å². The Kier molecular flexibility index (Phi) is 13.0. The Hall–Kier alpha value is -2.74. The number of unbranched alkanes of at least 4 members (excludes halogenated alkanes) is 4. The molecule has 0 amide bonds. The van der Waals surface area contributed by atoms with E-state index in [1.165, 1.54) is 19.1 Å². The molecule has 15 nitrogen and oxygen atoms in total. The Morgan fingerprint density at radius 3 is 2.12 bits per heavy atom. The van der Waals surface area contributed by atoms with Crippen LogP contribution in [0.1, 0.15) is 90.9 Å². The van der Waals surface area contributed by atoms with Crippen molar-refractivity contribution in [3.8, 4) is 0 Å². The number of esters is 2. The van der Waals surface area contributed by atoms with Crippen LogP contribution < -0.4 is 0 Å². The minimum Gasteiger partial charge on any atom is -0.457 e. The molecule has 0 aromatic rings. The van der Waals surface area contributed by atoms with E-state index in [-0.39, 0.29) is 57.3 Å². The molecule has 17 heteroatoms. The lowest BCUT2D eigenvalue weighted by Gasteiger charge is -2.63. The smallest absolute Gasteiger partial charge is 0.306 e. The van der Waals surface area contributed by atoms with Crippen LogP contribution in [0, 0.1) is 22.7 Å². The van der Waals surface area contributed by atoms with Crippen LogP contribution in [0.3, 0.4) is 0 Å². The van der Waals surface area contributed by atoms with E-state index >= 15 is 8.78 Å². The molecular formula is C33H48F2N2O13. The third kappa shape index (κ3) is 7.85. The minimum absolute atomic E-state index is 0.00675. The summed E-state index contributed by atoms with van der Waals surface area (Å²) < 4.78 is 44.8. The van der Waals surface area contributed by atoms with Gasteiger partial charge < -0.3 is 14.6 Å². The molecule has 2 unspecified atom stereocenters. The number of carbonyl (C=O) groups excluding carboxylic acids is 4. The molecule has 282 valence electrons. The molecule has 8 atom stereocenters. The van der Waals surface area contributed by atoms with Crippen LogP contribution in [0.4, 0.5) is 8.78 Å². The van der Waals surface area contributed by atoms with Crippen LogP contribution in [0.25, 0.3) is 0 Å². The fourth-order valence-electron chi connectivity index (χ4n) is 8.84. The predicted octanol–water partition coefficient (Wildman–Crippen LogP) is 3.84. The van der Waals surface area contributed by atoms with Crippen LogP contribution in [0.2, 0.25) is 0 Å². The second-order valence-corrected chi connectivity index (χ2v) is 14.1. The molecule has 5 N–H and O–H groups in total. The second kappa shape index (κ2) is 16.3. The quantitative estimate of drug-likeness (QED) is 0.0774. The Labute approximate surface area is 288 Å². The van der Waals surface area contributed by atoms with Crippen molar-refractivity contribution in [2.24, 2.45) is 22.7 Å². The fourth-order valence-corrected chi connectivity index (χ4v) is 8.84. The lowest BCUT2D eigenvalue weighted by atomic mass is 9.44. The number of allylic oxidation sites excluding steroid dienone is 4. The number of hydrogen-bond donors (Lipinski definition) is 5. The van der Waals surface area contributed by atoms with Gasteiger partial charge in [-0.05, 0) is 81.9 Å². The van der Waals surface area contributed by atoms with Gasteiger partial charge in [0.2, 0.25) is 5.78 Å². The number of Topliss-reactive ketones (excluding diaryl/α,β-unsaturated/α-hetero) is 1. The van der Waals surface area contributed by atoms with Gasteiger partial charge in [-0.1, -0.05) is 25.8 Å². The lowest BCUT2D eigenvalue weighted by molar-refractivity contribution is -0.492. The average Bonchev–Trinajstić information content (AvgIpc) is 3.33. The van der Waals surface area contributed by atoms with E-state index in [0.717, 1.165) is 6.08 Å². The maximum absolute atomic E-state index is 17.6.